The molecule has 0 bridgehead atoms. The van der Waals surface area contributed by atoms with Crippen molar-refractivity contribution in [1.29, 1.82) is 0 Å². The summed E-state index contributed by atoms with van der Waals surface area (Å²) in [7, 11) is 3.06. The summed E-state index contributed by atoms with van der Waals surface area (Å²) in [5.41, 5.74) is 0.901. The molecule has 2 aromatic rings. The summed E-state index contributed by atoms with van der Waals surface area (Å²) >= 11 is 0. The highest BCUT2D eigenvalue weighted by molar-refractivity contribution is 5.61. The number of fused-ring (bicyclic) bond motifs is 1. The smallest absolute Gasteiger partial charge is 0.157 e. The standard InChI is InChI=1S/C22H26O6/c1-22(2,25)21-20(27-4)18-17(28-21)12-16(26-3)15(19(18)24)7-5-6-13-8-10-14(23)11-9-13/h5-6,8-12,20-21,23-25H,7H2,1-4H3/b6-5+/t20-,21-/m1/s1. The van der Waals surface area contributed by atoms with Crippen LogP contribution in [0.2, 0.25) is 0 Å². The summed E-state index contributed by atoms with van der Waals surface area (Å²) in [4.78, 5) is 0. The van der Waals surface area contributed by atoms with Crippen molar-refractivity contribution in [2.45, 2.75) is 38.1 Å². The molecule has 3 rings (SSSR count). The summed E-state index contributed by atoms with van der Waals surface area (Å²) in [6, 6.07) is 8.55. The summed E-state index contributed by atoms with van der Waals surface area (Å²) in [6.07, 6.45) is 2.98. The van der Waals surface area contributed by atoms with Crippen LogP contribution in [0, 0.1) is 0 Å². The maximum absolute atomic E-state index is 11.0. The van der Waals surface area contributed by atoms with Gasteiger partial charge in [0.2, 0.25) is 0 Å². The second-order valence-electron chi connectivity index (χ2n) is 7.36. The Morgan fingerprint density at radius 3 is 2.39 bits per heavy atom. The zero-order valence-electron chi connectivity index (χ0n) is 16.5. The first kappa shape index (κ1) is 20.0. The highest BCUT2D eigenvalue weighted by Crippen LogP contribution is 2.51. The number of phenols is 2. The van der Waals surface area contributed by atoms with Gasteiger partial charge in [-0.15, -0.1) is 0 Å². The summed E-state index contributed by atoms with van der Waals surface area (Å²) in [6.45, 7) is 3.29. The van der Waals surface area contributed by atoms with E-state index in [1.807, 2.05) is 12.2 Å². The predicted octanol–water partition coefficient (Wildman–Crippen LogP) is 3.58. The summed E-state index contributed by atoms with van der Waals surface area (Å²) in [5, 5.41) is 30.7. The van der Waals surface area contributed by atoms with E-state index in [0.717, 1.165) is 5.56 Å². The largest absolute Gasteiger partial charge is 0.508 e. The second-order valence-corrected chi connectivity index (χ2v) is 7.36. The van der Waals surface area contributed by atoms with Crippen LogP contribution in [0.1, 0.15) is 36.6 Å². The van der Waals surface area contributed by atoms with Gasteiger partial charge in [-0.2, -0.15) is 0 Å². The van der Waals surface area contributed by atoms with Crippen LogP contribution in [0.5, 0.6) is 23.0 Å². The molecule has 6 heteroatoms. The van der Waals surface area contributed by atoms with Crippen molar-refractivity contribution in [1.82, 2.24) is 0 Å². The van der Waals surface area contributed by atoms with Gasteiger partial charge in [0.05, 0.1) is 18.3 Å². The summed E-state index contributed by atoms with van der Waals surface area (Å²) < 4.78 is 16.9. The Morgan fingerprint density at radius 2 is 1.82 bits per heavy atom. The fourth-order valence-electron chi connectivity index (χ4n) is 3.44. The topological polar surface area (TPSA) is 88.4 Å². The van der Waals surface area contributed by atoms with Crippen LogP contribution < -0.4 is 9.47 Å². The van der Waals surface area contributed by atoms with E-state index in [1.54, 1.807) is 44.2 Å². The molecular formula is C22H26O6. The number of ether oxygens (including phenoxy) is 3. The molecule has 1 aliphatic heterocycles. The minimum Gasteiger partial charge on any atom is -0.508 e. The first-order valence-electron chi connectivity index (χ1n) is 9.06. The average molecular weight is 386 g/mol. The molecule has 0 aromatic heterocycles. The van der Waals surface area contributed by atoms with Gasteiger partial charge in [-0.25, -0.2) is 0 Å². The Balaban J connectivity index is 1.94. The number of phenolic OH excluding ortho intramolecular Hbond substituents is 2. The van der Waals surface area contributed by atoms with E-state index in [-0.39, 0.29) is 11.5 Å². The van der Waals surface area contributed by atoms with Crippen LogP contribution in [-0.4, -0.2) is 41.2 Å². The maximum atomic E-state index is 11.0. The number of benzene rings is 2. The van der Waals surface area contributed by atoms with Crippen LogP contribution in [0.15, 0.2) is 36.4 Å². The number of rotatable bonds is 6. The number of hydrogen-bond donors (Lipinski definition) is 3. The quantitative estimate of drug-likeness (QED) is 0.703. The van der Waals surface area contributed by atoms with Crippen molar-refractivity contribution >= 4 is 6.08 Å². The van der Waals surface area contributed by atoms with E-state index in [1.165, 1.54) is 14.2 Å². The van der Waals surface area contributed by atoms with E-state index >= 15 is 0 Å². The molecule has 2 atom stereocenters. The third-order valence-corrected chi connectivity index (χ3v) is 4.87. The molecule has 3 N–H and O–H groups in total. The molecule has 0 fully saturated rings. The zero-order chi connectivity index (χ0) is 20.5. The molecule has 1 heterocycles. The molecule has 0 spiro atoms. The molecule has 0 radical (unpaired) electrons. The summed E-state index contributed by atoms with van der Waals surface area (Å²) in [5.74, 6) is 1.20. The van der Waals surface area contributed by atoms with E-state index < -0.39 is 17.8 Å². The van der Waals surface area contributed by atoms with Crippen molar-refractivity contribution in [3.8, 4) is 23.0 Å². The van der Waals surface area contributed by atoms with Crippen molar-refractivity contribution < 1.29 is 29.5 Å². The Hall–Kier alpha value is -2.70. The lowest BCUT2D eigenvalue weighted by Crippen LogP contribution is -2.42. The van der Waals surface area contributed by atoms with Crippen LogP contribution in [0.25, 0.3) is 6.08 Å². The molecule has 0 saturated carbocycles. The number of allylic oxidation sites excluding steroid dienone is 1. The molecule has 0 amide bonds. The lowest BCUT2D eigenvalue weighted by atomic mass is 9.92. The molecule has 0 saturated heterocycles. The minimum absolute atomic E-state index is 0.0447. The van der Waals surface area contributed by atoms with Crippen LogP contribution >= 0.6 is 0 Å². The Kier molecular flexibility index (Phi) is 5.54. The molecule has 6 nitrogen and oxygen atoms in total. The van der Waals surface area contributed by atoms with Gasteiger partial charge in [0, 0.05) is 18.7 Å². The monoisotopic (exact) mass is 386 g/mol. The fraction of sp³-hybridized carbons (Fsp3) is 0.364. The molecule has 28 heavy (non-hydrogen) atoms. The maximum Gasteiger partial charge on any atom is 0.157 e. The SMILES string of the molecule is COc1cc2c(c(O)c1C/C=C/c1ccc(O)cc1)[C@@H](OC)[C@H](C(C)(C)O)O2. The Bertz CT molecular complexity index is 864. The number of hydrogen-bond acceptors (Lipinski definition) is 6. The number of aliphatic hydroxyl groups is 1. The average Bonchev–Trinajstić information content (AvgIpc) is 3.04. The molecule has 0 unspecified atom stereocenters. The van der Waals surface area contributed by atoms with Crippen LogP contribution in [0.4, 0.5) is 0 Å². The van der Waals surface area contributed by atoms with Gasteiger partial charge in [0.15, 0.2) is 6.10 Å². The van der Waals surface area contributed by atoms with Gasteiger partial charge >= 0.3 is 0 Å². The Labute approximate surface area is 164 Å². The van der Waals surface area contributed by atoms with Crippen molar-refractivity contribution in [2.75, 3.05) is 14.2 Å². The van der Waals surface area contributed by atoms with Gasteiger partial charge in [0.1, 0.15) is 29.1 Å². The van der Waals surface area contributed by atoms with E-state index in [2.05, 4.69) is 0 Å². The number of methoxy groups -OCH3 is 2. The third-order valence-electron chi connectivity index (χ3n) is 4.87. The first-order chi connectivity index (χ1) is 13.3. The number of aromatic hydroxyl groups is 2. The zero-order valence-corrected chi connectivity index (χ0v) is 16.5. The van der Waals surface area contributed by atoms with Crippen LogP contribution in [-0.2, 0) is 11.2 Å². The highest BCUT2D eigenvalue weighted by atomic mass is 16.6. The highest BCUT2D eigenvalue weighted by Gasteiger charge is 2.46. The fourth-order valence-corrected chi connectivity index (χ4v) is 3.44. The van der Waals surface area contributed by atoms with E-state index in [9.17, 15) is 15.3 Å². The van der Waals surface area contributed by atoms with Gasteiger partial charge in [-0.05, 0) is 38.0 Å². The molecule has 2 aromatic carbocycles. The molecular weight excluding hydrogens is 360 g/mol. The van der Waals surface area contributed by atoms with E-state index in [0.29, 0.717) is 29.0 Å². The predicted molar refractivity (Wildman–Crippen MR) is 106 cm³/mol. The molecule has 0 aliphatic carbocycles. The van der Waals surface area contributed by atoms with Crippen molar-refractivity contribution in [3.63, 3.8) is 0 Å². The van der Waals surface area contributed by atoms with Gasteiger partial charge in [0.25, 0.3) is 0 Å². The Morgan fingerprint density at radius 1 is 1.14 bits per heavy atom. The molecule has 1 aliphatic rings. The van der Waals surface area contributed by atoms with Gasteiger partial charge < -0.3 is 29.5 Å². The van der Waals surface area contributed by atoms with Crippen molar-refractivity contribution in [3.05, 3.63) is 53.1 Å². The van der Waals surface area contributed by atoms with E-state index in [4.69, 9.17) is 14.2 Å². The second kappa shape index (κ2) is 7.73. The van der Waals surface area contributed by atoms with Crippen LogP contribution in [0.3, 0.4) is 0 Å². The molecule has 150 valence electrons. The van der Waals surface area contributed by atoms with Gasteiger partial charge in [-0.3, -0.25) is 0 Å². The normalized spacial score (nSPS) is 18.9. The first-order valence-corrected chi connectivity index (χ1v) is 9.06. The lowest BCUT2D eigenvalue weighted by molar-refractivity contribution is -0.0885. The third kappa shape index (κ3) is 3.79. The lowest BCUT2D eigenvalue weighted by Gasteiger charge is -2.29. The van der Waals surface area contributed by atoms with Gasteiger partial charge in [-0.1, -0.05) is 24.3 Å². The minimum atomic E-state index is -1.15. The van der Waals surface area contributed by atoms with Crippen molar-refractivity contribution in [2.24, 2.45) is 0 Å².